The molecule has 0 bridgehead atoms. The molecule has 22 heavy (non-hydrogen) atoms. The van der Waals surface area contributed by atoms with Gasteiger partial charge in [-0.25, -0.2) is 0 Å². The average Bonchev–Trinajstić information content (AvgIpc) is 2.46. The zero-order chi connectivity index (χ0) is 16.1. The number of phenolic OH excluding ortho intramolecular Hbond substituents is 3. The summed E-state index contributed by atoms with van der Waals surface area (Å²) in [5, 5.41) is 31.1. The molecule has 2 aromatic carbocycles. The largest absolute Gasteiger partial charge is 0.508 e. The molecule has 0 radical (unpaired) electrons. The van der Waals surface area contributed by atoms with E-state index in [1.165, 1.54) is 18.2 Å². The average molecular weight is 301 g/mol. The first-order valence-electron chi connectivity index (χ1n) is 7.01. The third kappa shape index (κ3) is 4.49. The van der Waals surface area contributed by atoms with Crippen molar-refractivity contribution in [3.63, 3.8) is 0 Å². The Labute approximate surface area is 128 Å². The van der Waals surface area contributed by atoms with Crippen molar-refractivity contribution in [2.45, 2.75) is 19.4 Å². The van der Waals surface area contributed by atoms with Crippen LogP contribution in [0.4, 0.5) is 0 Å². The second kappa shape index (κ2) is 6.95. The summed E-state index contributed by atoms with van der Waals surface area (Å²) in [4.78, 5) is 12.0. The van der Waals surface area contributed by atoms with Crippen LogP contribution < -0.4 is 5.32 Å². The Morgan fingerprint density at radius 2 is 1.59 bits per heavy atom. The summed E-state index contributed by atoms with van der Waals surface area (Å²) in [6.07, 6.45) is 0.721. The maximum absolute atomic E-state index is 12.0. The van der Waals surface area contributed by atoms with E-state index < -0.39 is 0 Å². The van der Waals surface area contributed by atoms with Gasteiger partial charge in [0.25, 0.3) is 0 Å². The lowest BCUT2D eigenvalue weighted by atomic mass is 10.1. The van der Waals surface area contributed by atoms with Gasteiger partial charge in [0.1, 0.15) is 17.2 Å². The Kier molecular flexibility index (Phi) is 5.01. The Bertz CT molecular complexity index is 632. The minimum Gasteiger partial charge on any atom is -0.508 e. The molecule has 0 saturated heterocycles. The van der Waals surface area contributed by atoms with E-state index in [4.69, 9.17) is 0 Å². The Hall–Kier alpha value is -2.53. The van der Waals surface area contributed by atoms with Crippen LogP contribution in [-0.4, -0.2) is 33.7 Å². The highest BCUT2D eigenvalue weighted by atomic mass is 16.3. The van der Waals surface area contributed by atoms with Gasteiger partial charge < -0.3 is 20.6 Å². The quantitative estimate of drug-likeness (QED) is 0.614. The number of hydrogen-bond donors (Lipinski definition) is 4. The Morgan fingerprint density at radius 3 is 2.18 bits per heavy atom. The molecule has 0 aliphatic carbocycles. The molecule has 0 heterocycles. The van der Waals surface area contributed by atoms with Crippen LogP contribution in [0.15, 0.2) is 42.5 Å². The summed E-state index contributed by atoms with van der Waals surface area (Å²) < 4.78 is 0. The maximum atomic E-state index is 12.0. The molecule has 0 saturated carbocycles. The van der Waals surface area contributed by atoms with Gasteiger partial charge in [-0.1, -0.05) is 12.1 Å². The first-order valence-corrected chi connectivity index (χ1v) is 7.01. The van der Waals surface area contributed by atoms with Crippen LogP contribution in [0.1, 0.15) is 22.8 Å². The van der Waals surface area contributed by atoms with Gasteiger partial charge in [-0.05, 0) is 43.2 Å². The van der Waals surface area contributed by atoms with Gasteiger partial charge in [0.2, 0.25) is 0 Å². The van der Waals surface area contributed by atoms with Crippen molar-refractivity contribution < 1.29 is 20.1 Å². The van der Waals surface area contributed by atoms with Gasteiger partial charge in [-0.15, -0.1) is 0 Å². The summed E-state index contributed by atoms with van der Waals surface area (Å²) in [5.41, 5.74) is 1.32. The molecule has 0 aliphatic rings. The van der Waals surface area contributed by atoms with Crippen molar-refractivity contribution in [1.29, 1.82) is 0 Å². The summed E-state index contributed by atoms with van der Waals surface area (Å²) in [5.74, 6) is -0.257. The van der Waals surface area contributed by atoms with Gasteiger partial charge in [-0.3, -0.25) is 4.79 Å². The molecule has 1 atom stereocenters. The van der Waals surface area contributed by atoms with E-state index in [-0.39, 0.29) is 41.2 Å². The van der Waals surface area contributed by atoms with E-state index in [1.807, 2.05) is 19.1 Å². The predicted octanol–water partition coefficient (Wildman–Crippen LogP) is 2.21. The number of carbonyl (C=O) groups excluding carboxylic acids is 1. The zero-order valence-electron chi connectivity index (χ0n) is 12.3. The molecule has 0 aliphatic heterocycles. The van der Waals surface area contributed by atoms with Crippen LogP contribution in [-0.2, 0) is 6.42 Å². The first kappa shape index (κ1) is 15.9. The number of hydrogen-bond acceptors (Lipinski definition) is 5. The van der Waals surface area contributed by atoms with E-state index in [1.54, 1.807) is 12.1 Å². The third-order valence-corrected chi connectivity index (χ3v) is 3.31. The Morgan fingerprint density at radius 1 is 1.00 bits per heavy atom. The number of aromatic hydroxyl groups is 3. The van der Waals surface area contributed by atoms with Crippen LogP contribution in [0.5, 0.6) is 17.2 Å². The molecule has 2 aromatic rings. The van der Waals surface area contributed by atoms with Crippen LogP contribution in [0.2, 0.25) is 0 Å². The molecule has 0 spiro atoms. The lowest BCUT2D eigenvalue weighted by molar-refractivity contribution is 0.0987. The van der Waals surface area contributed by atoms with Crippen LogP contribution in [0.25, 0.3) is 0 Å². The van der Waals surface area contributed by atoms with E-state index in [2.05, 4.69) is 5.32 Å². The fraction of sp³-hybridized carbons (Fsp3) is 0.235. The van der Waals surface area contributed by atoms with Crippen LogP contribution >= 0.6 is 0 Å². The minimum absolute atomic E-state index is 0.0689. The van der Waals surface area contributed by atoms with Crippen molar-refractivity contribution in [2.24, 2.45) is 0 Å². The monoisotopic (exact) mass is 301 g/mol. The summed E-state index contributed by atoms with van der Waals surface area (Å²) in [6, 6.07) is 10.8. The summed E-state index contributed by atoms with van der Waals surface area (Å²) in [7, 11) is 0. The fourth-order valence-electron chi connectivity index (χ4n) is 2.18. The van der Waals surface area contributed by atoms with Crippen LogP contribution in [0, 0.1) is 0 Å². The third-order valence-electron chi connectivity index (χ3n) is 3.31. The lowest BCUT2D eigenvalue weighted by Gasteiger charge is -2.13. The standard InChI is InChI=1S/C17H19NO4/c1-11(6-12-2-4-14(19)5-3-12)18-10-17(22)13-7-15(20)9-16(21)8-13/h2-5,7-9,11,18-21H,6,10H2,1H3/t11-/m1/s1. The van der Waals surface area contributed by atoms with Crippen molar-refractivity contribution in [3.8, 4) is 17.2 Å². The molecule has 2 rings (SSSR count). The van der Waals surface area contributed by atoms with E-state index >= 15 is 0 Å². The molecule has 0 amide bonds. The summed E-state index contributed by atoms with van der Waals surface area (Å²) in [6.45, 7) is 2.07. The number of Topliss-reactive ketones (excluding diaryl/α,β-unsaturated/α-hetero) is 1. The molecule has 5 heteroatoms. The molecule has 0 aromatic heterocycles. The van der Waals surface area contributed by atoms with E-state index in [0.717, 1.165) is 12.0 Å². The number of benzene rings is 2. The molecule has 5 nitrogen and oxygen atoms in total. The minimum atomic E-state index is -0.205. The fourth-order valence-corrected chi connectivity index (χ4v) is 2.18. The van der Waals surface area contributed by atoms with Gasteiger partial charge >= 0.3 is 0 Å². The Balaban J connectivity index is 1.88. The number of ketones is 1. The number of nitrogens with one attached hydrogen (secondary N) is 1. The number of phenols is 3. The highest BCUT2D eigenvalue weighted by molar-refractivity contribution is 5.98. The van der Waals surface area contributed by atoms with Gasteiger partial charge in [0, 0.05) is 17.7 Å². The van der Waals surface area contributed by atoms with Crippen molar-refractivity contribution in [3.05, 3.63) is 53.6 Å². The van der Waals surface area contributed by atoms with Gasteiger partial charge in [0.05, 0.1) is 6.54 Å². The second-order valence-corrected chi connectivity index (χ2v) is 5.31. The van der Waals surface area contributed by atoms with Crippen molar-refractivity contribution in [1.82, 2.24) is 5.32 Å². The first-order chi connectivity index (χ1) is 10.4. The smallest absolute Gasteiger partial charge is 0.176 e. The molecular weight excluding hydrogens is 282 g/mol. The molecule has 0 unspecified atom stereocenters. The second-order valence-electron chi connectivity index (χ2n) is 5.31. The number of rotatable bonds is 6. The van der Waals surface area contributed by atoms with Crippen LogP contribution in [0.3, 0.4) is 0 Å². The lowest BCUT2D eigenvalue weighted by Crippen LogP contribution is -2.33. The van der Waals surface area contributed by atoms with Gasteiger partial charge in [-0.2, -0.15) is 0 Å². The SMILES string of the molecule is C[C@H](Cc1ccc(O)cc1)NCC(=O)c1cc(O)cc(O)c1. The summed E-state index contributed by atoms with van der Waals surface area (Å²) >= 11 is 0. The number of carbonyl (C=O) groups is 1. The predicted molar refractivity (Wildman–Crippen MR) is 83.4 cm³/mol. The molecule has 116 valence electrons. The normalized spacial score (nSPS) is 12.0. The van der Waals surface area contributed by atoms with E-state index in [9.17, 15) is 20.1 Å². The molecule has 4 N–H and O–H groups in total. The molecule has 0 fully saturated rings. The molecular formula is C17H19NO4. The van der Waals surface area contributed by atoms with E-state index in [0.29, 0.717) is 0 Å². The maximum Gasteiger partial charge on any atom is 0.176 e. The topological polar surface area (TPSA) is 89.8 Å². The highest BCUT2D eigenvalue weighted by Gasteiger charge is 2.11. The van der Waals surface area contributed by atoms with Crippen molar-refractivity contribution >= 4 is 5.78 Å². The van der Waals surface area contributed by atoms with Crippen molar-refractivity contribution in [2.75, 3.05) is 6.54 Å². The van der Waals surface area contributed by atoms with Gasteiger partial charge in [0.15, 0.2) is 5.78 Å². The zero-order valence-corrected chi connectivity index (χ0v) is 12.3. The highest BCUT2D eigenvalue weighted by Crippen LogP contribution is 2.20.